The Balaban J connectivity index is 1.42. The third kappa shape index (κ3) is 4.42. The maximum absolute atomic E-state index is 13.5. The summed E-state index contributed by atoms with van der Waals surface area (Å²) in [5.74, 6) is 1.14. The molecular weight excluding hydrogens is 349 g/mol. The standard InChI is InChI=1S/C16H14FN3O2S2/c17-12-5-2-1-4-11(12)9-23-10-14(21)18-8-15-19-16(20-22-15)13-6-3-7-24-13/h1-7H,8-10H2,(H,18,21). The summed E-state index contributed by atoms with van der Waals surface area (Å²) in [6, 6.07) is 10.4. The first-order valence-corrected chi connectivity index (χ1v) is 9.20. The molecule has 8 heteroatoms. The number of nitrogens with zero attached hydrogens (tertiary/aromatic N) is 2. The Labute approximate surface area is 146 Å². The molecule has 0 bridgehead atoms. The molecule has 5 nitrogen and oxygen atoms in total. The van der Waals surface area contributed by atoms with Gasteiger partial charge in [-0.05, 0) is 23.1 Å². The van der Waals surface area contributed by atoms with Gasteiger partial charge in [0.1, 0.15) is 5.82 Å². The molecule has 24 heavy (non-hydrogen) atoms. The lowest BCUT2D eigenvalue weighted by molar-refractivity contribution is -0.118. The molecule has 1 aromatic carbocycles. The number of hydrogen-bond acceptors (Lipinski definition) is 6. The summed E-state index contributed by atoms with van der Waals surface area (Å²) in [4.78, 5) is 17.0. The van der Waals surface area contributed by atoms with Gasteiger partial charge in [-0.2, -0.15) is 4.98 Å². The molecule has 0 saturated heterocycles. The van der Waals surface area contributed by atoms with Crippen LogP contribution in [0.4, 0.5) is 4.39 Å². The maximum atomic E-state index is 13.5. The number of carbonyl (C=O) groups excluding carboxylic acids is 1. The smallest absolute Gasteiger partial charge is 0.246 e. The first-order valence-electron chi connectivity index (χ1n) is 7.16. The molecule has 3 aromatic rings. The van der Waals surface area contributed by atoms with Crippen molar-refractivity contribution in [2.75, 3.05) is 5.75 Å². The lowest BCUT2D eigenvalue weighted by Gasteiger charge is -2.04. The average Bonchev–Trinajstić information content (AvgIpc) is 3.26. The summed E-state index contributed by atoms with van der Waals surface area (Å²) in [5, 5.41) is 8.52. The van der Waals surface area contributed by atoms with E-state index in [9.17, 15) is 9.18 Å². The van der Waals surface area contributed by atoms with E-state index in [1.54, 1.807) is 18.2 Å². The van der Waals surface area contributed by atoms with Crippen molar-refractivity contribution in [2.24, 2.45) is 0 Å². The number of halogens is 1. The van der Waals surface area contributed by atoms with Crippen LogP contribution in [0.1, 0.15) is 11.5 Å². The average molecular weight is 363 g/mol. The zero-order valence-corrected chi connectivity index (χ0v) is 14.2. The zero-order chi connectivity index (χ0) is 16.8. The summed E-state index contributed by atoms with van der Waals surface area (Å²) in [7, 11) is 0. The monoisotopic (exact) mass is 363 g/mol. The van der Waals surface area contributed by atoms with E-state index >= 15 is 0 Å². The van der Waals surface area contributed by atoms with Crippen LogP contribution in [0, 0.1) is 5.82 Å². The normalized spacial score (nSPS) is 10.7. The number of rotatable bonds is 7. The Morgan fingerprint density at radius 2 is 2.17 bits per heavy atom. The van der Waals surface area contributed by atoms with Crippen molar-refractivity contribution in [3.63, 3.8) is 0 Å². The van der Waals surface area contributed by atoms with Crippen molar-refractivity contribution in [1.29, 1.82) is 0 Å². The number of hydrogen-bond donors (Lipinski definition) is 1. The van der Waals surface area contributed by atoms with E-state index in [1.165, 1.54) is 29.2 Å². The van der Waals surface area contributed by atoms with Crippen LogP contribution in [0.3, 0.4) is 0 Å². The summed E-state index contributed by atoms with van der Waals surface area (Å²) >= 11 is 2.87. The van der Waals surface area contributed by atoms with Crippen molar-refractivity contribution in [3.05, 3.63) is 59.0 Å². The van der Waals surface area contributed by atoms with Crippen LogP contribution in [-0.4, -0.2) is 21.8 Å². The van der Waals surface area contributed by atoms with Crippen molar-refractivity contribution in [2.45, 2.75) is 12.3 Å². The van der Waals surface area contributed by atoms with Gasteiger partial charge in [0, 0.05) is 5.75 Å². The van der Waals surface area contributed by atoms with Crippen LogP contribution in [0.25, 0.3) is 10.7 Å². The summed E-state index contributed by atoms with van der Waals surface area (Å²) < 4.78 is 18.6. The minimum Gasteiger partial charge on any atom is -0.346 e. The molecule has 0 atom stereocenters. The first-order chi connectivity index (χ1) is 11.7. The largest absolute Gasteiger partial charge is 0.346 e. The van der Waals surface area contributed by atoms with Gasteiger partial charge in [0.15, 0.2) is 0 Å². The number of thioether (sulfide) groups is 1. The van der Waals surface area contributed by atoms with E-state index in [4.69, 9.17) is 4.52 Å². The molecule has 0 fully saturated rings. The van der Waals surface area contributed by atoms with Crippen LogP contribution in [0.15, 0.2) is 46.3 Å². The van der Waals surface area contributed by atoms with Gasteiger partial charge in [0.2, 0.25) is 17.6 Å². The second-order valence-corrected chi connectivity index (χ2v) is 6.78. The van der Waals surface area contributed by atoms with E-state index in [1.807, 2.05) is 17.5 Å². The van der Waals surface area contributed by atoms with Crippen LogP contribution in [0.2, 0.25) is 0 Å². The molecule has 0 unspecified atom stereocenters. The highest BCUT2D eigenvalue weighted by Gasteiger charge is 2.11. The van der Waals surface area contributed by atoms with E-state index in [0.717, 1.165) is 4.88 Å². The molecule has 0 aliphatic heterocycles. The molecule has 2 heterocycles. The van der Waals surface area contributed by atoms with Crippen molar-refractivity contribution in [1.82, 2.24) is 15.5 Å². The highest BCUT2D eigenvalue weighted by Crippen LogP contribution is 2.21. The number of carbonyl (C=O) groups is 1. The molecule has 0 spiro atoms. The fraction of sp³-hybridized carbons (Fsp3) is 0.188. The minimum atomic E-state index is -0.252. The van der Waals surface area contributed by atoms with Gasteiger partial charge >= 0.3 is 0 Å². The highest BCUT2D eigenvalue weighted by molar-refractivity contribution is 7.99. The molecule has 3 rings (SSSR count). The molecule has 0 saturated carbocycles. The van der Waals surface area contributed by atoms with E-state index in [0.29, 0.717) is 23.0 Å². The number of benzene rings is 1. The van der Waals surface area contributed by atoms with Crippen LogP contribution >= 0.6 is 23.1 Å². The third-order valence-corrected chi connectivity index (χ3v) is 4.94. The molecule has 0 aliphatic rings. The molecule has 0 radical (unpaired) electrons. The Kier molecular flexibility index (Phi) is 5.60. The van der Waals surface area contributed by atoms with E-state index in [-0.39, 0.29) is 24.0 Å². The zero-order valence-electron chi connectivity index (χ0n) is 12.6. The Morgan fingerprint density at radius 3 is 2.96 bits per heavy atom. The second-order valence-electron chi connectivity index (χ2n) is 4.85. The minimum absolute atomic E-state index is 0.160. The topological polar surface area (TPSA) is 68.0 Å². The number of amides is 1. The van der Waals surface area contributed by atoms with Crippen molar-refractivity contribution >= 4 is 29.0 Å². The molecule has 1 N–H and O–H groups in total. The van der Waals surface area contributed by atoms with Gasteiger partial charge in [-0.25, -0.2) is 4.39 Å². The molecular formula is C16H14FN3O2S2. The van der Waals surface area contributed by atoms with Crippen LogP contribution < -0.4 is 5.32 Å². The lowest BCUT2D eigenvalue weighted by atomic mass is 10.2. The Bertz CT molecular complexity index is 805. The van der Waals surface area contributed by atoms with E-state index in [2.05, 4.69) is 15.5 Å². The SMILES string of the molecule is O=C(CSCc1ccccc1F)NCc1nc(-c2cccs2)no1. The van der Waals surface area contributed by atoms with Gasteiger partial charge in [-0.3, -0.25) is 4.79 Å². The van der Waals surface area contributed by atoms with E-state index < -0.39 is 0 Å². The quantitative estimate of drug-likeness (QED) is 0.696. The Hall–Kier alpha value is -2.19. The number of thiophene rings is 1. The Morgan fingerprint density at radius 1 is 1.29 bits per heavy atom. The fourth-order valence-corrected chi connectivity index (χ4v) is 3.42. The maximum Gasteiger partial charge on any atom is 0.246 e. The third-order valence-electron chi connectivity index (χ3n) is 3.09. The van der Waals surface area contributed by atoms with Gasteiger partial charge in [0.25, 0.3) is 0 Å². The predicted octanol–water partition coefficient (Wildman–Crippen LogP) is 3.49. The van der Waals surface area contributed by atoms with Crippen LogP contribution in [0.5, 0.6) is 0 Å². The first kappa shape index (κ1) is 16.7. The molecule has 0 aliphatic carbocycles. The fourth-order valence-electron chi connectivity index (χ4n) is 1.93. The number of aromatic nitrogens is 2. The second kappa shape index (κ2) is 8.07. The highest BCUT2D eigenvalue weighted by atomic mass is 32.2. The number of nitrogens with one attached hydrogen (secondary N) is 1. The lowest BCUT2D eigenvalue weighted by Crippen LogP contribution is -2.24. The molecule has 2 aromatic heterocycles. The van der Waals surface area contributed by atoms with Gasteiger partial charge in [0.05, 0.1) is 17.2 Å². The summed E-state index contributed by atoms with van der Waals surface area (Å²) in [6.45, 7) is 0.178. The van der Waals surface area contributed by atoms with Gasteiger partial charge in [-0.1, -0.05) is 29.4 Å². The summed E-state index contributed by atoms with van der Waals surface area (Å²) in [5.41, 5.74) is 0.591. The van der Waals surface area contributed by atoms with Crippen molar-refractivity contribution < 1.29 is 13.7 Å². The van der Waals surface area contributed by atoms with Crippen LogP contribution in [-0.2, 0) is 17.1 Å². The predicted molar refractivity (Wildman–Crippen MR) is 92.0 cm³/mol. The molecule has 1 amide bonds. The summed E-state index contributed by atoms with van der Waals surface area (Å²) in [6.07, 6.45) is 0. The van der Waals surface area contributed by atoms with Gasteiger partial charge < -0.3 is 9.84 Å². The molecule has 124 valence electrons. The van der Waals surface area contributed by atoms with Crippen molar-refractivity contribution in [3.8, 4) is 10.7 Å². The van der Waals surface area contributed by atoms with Gasteiger partial charge in [-0.15, -0.1) is 23.1 Å².